The SMILES string of the molecule is CCc1ccc(CNC(=O)CC(C)(C)CC(=O)O)cc1. The molecule has 0 bridgehead atoms. The summed E-state index contributed by atoms with van der Waals surface area (Å²) in [6, 6.07) is 8.11. The van der Waals surface area contributed by atoms with Crippen molar-refractivity contribution in [3.05, 3.63) is 35.4 Å². The van der Waals surface area contributed by atoms with E-state index in [4.69, 9.17) is 5.11 Å². The van der Waals surface area contributed by atoms with Crippen molar-refractivity contribution >= 4 is 11.9 Å². The minimum Gasteiger partial charge on any atom is -0.481 e. The fourth-order valence-electron chi connectivity index (χ4n) is 2.06. The van der Waals surface area contributed by atoms with Gasteiger partial charge in [0.15, 0.2) is 0 Å². The predicted molar refractivity (Wildman–Crippen MR) is 78.3 cm³/mol. The Hall–Kier alpha value is -1.84. The lowest BCUT2D eigenvalue weighted by atomic mass is 9.85. The van der Waals surface area contributed by atoms with Crippen molar-refractivity contribution in [1.82, 2.24) is 5.32 Å². The lowest BCUT2D eigenvalue weighted by Gasteiger charge is -2.21. The van der Waals surface area contributed by atoms with Gasteiger partial charge in [0.25, 0.3) is 0 Å². The summed E-state index contributed by atoms with van der Waals surface area (Å²) in [5, 5.41) is 11.6. The van der Waals surface area contributed by atoms with Gasteiger partial charge in [-0.3, -0.25) is 9.59 Å². The van der Waals surface area contributed by atoms with Gasteiger partial charge in [-0.15, -0.1) is 0 Å². The molecule has 0 aliphatic carbocycles. The zero-order chi connectivity index (χ0) is 15.2. The Morgan fingerprint density at radius 2 is 1.65 bits per heavy atom. The summed E-state index contributed by atoms with van der Waals surface area (Å²) in [4.78, 5) is 22.5. The van der Waals surface area contributed by atoms with Crippen LogP contribution in [0.15, 0.2) is 24.3 Å². The number of hydrogen-bond donors (Lipinski definition) is 2. The molecule has 4 nitrogen and oxygen atoms in total. The maximum atomic E-state index is 11.8. The number of amides is 1. The summed E-state index contributed by atoms with van der Waals surface area (Å²) in [5.74, 6) is -0.992. The molecule has 1 aromatic rings. The quantitative estimate of drug-likeness (QED) is 0.805. The first-order valence-electron chi connectivity index (χ1n) is 6.89. The Balaban J connectivity index is 2.44. The number of hydrogen-bond acceptors (Lipinski definition) is 2. The van der Waals surface area contributed by atoms with Gasteiger partial charge in [-0.1, -0.05) is 45.0 Å². The van der Waals surface area contributed by atoms with Gasteiger partial charge in [-0.2, -0.15) is 0 Å². The average Bonchev–Trinajstić information content (AvgIpc) is 2.34. The maximum Gasteiger partial charge on any atom is 0.303 e. The fourth-order valence-corrected chi connectivity index (χ4v) is 2.06. The molecule has 0 aliphatic heterocycles. The summed E-state index contributed by atoms with van der Waals surface area (Å²) in [7, 11) is 0. The largest absolute Gasteiger partial charge is 0.481 e. The van der Waals surface area contributed by atoms with Gasteiger partial charge in [-0.25, -0.2) is 0 Å². The monoisotopic (exact) mass is 277 g/mol. The normalized spacial score (nSPS) is 11.2. The second kappa shape index (κ2) is 7.08. The Bertz CT molecular complexity index is 463. The molecular formula is C16H23NO3. The predicted octanol–water partition coefficient (Wildman–Crippen LogP) is 2.76. The molecule has 20 heavy (non-hydrogen) atoms. The van der Waals surface area contributed by atoms with Crippen molar-refractivity contribution < 1.29 is 14.7 Å². The van der Waals surface area contributed by atoms with Crippen LogP contribution in [0, 0.1) is 5.41 Å². The Kier molecular flexibility index (Phi) is 5.74. The smallest absolute Gasteiger partial charge is 0.303 e. The number of aryl methyl sites for hydroxylation is 1. The van der Waals surface area contributed by atoms with Gasteiger partial charge < -0.3 is 10.4 Å². The topological polar surface area (TPSA) is 66.4 Å². The number of carbonyl (C=O) groups is 2. The van der Waals surface area contributed by atoms with Crippen LogP contribution in [0.3, 0.4) is 0 Å². The third-order valence-electron chi connectivity index (χ3n) is 3.19. The van der Waals surface area contributed by atoms with Crippen LogP contribution < -0.4 is 5.32 Å². The first-order chi connectivity index (χ1) is 9.32. The van der Waals surface area contributed by atoms with Crippen molar-refractivity contribution in [2.75, 3.05) is 0 Å². The van der Waals surface area contributed by atoms with Crippen molar-refractivity contribution in [2.24, 2.45) is 5.41 Å². The molecule has 0 unspecified atom stereocenters. The molecule has 0 radical (unpaired) electrons. The molecule has 0 saturated heterocycles. The van der Waals surface area contributed by atoms with Gasteiger partial charge in [0.2, 0.25) is 5.91 Å². The zero-order valence-electron chi connectivity index (χ0n) is 12.4. The summed E-state index contributed by atoms with van der Waals surface area (Å²) in [6.07, 6.45) is 1.20. The van der Waals surface area contributed by atoms with E-state index >= 15 is 0 Å². The van der Waals surface area contributed by atoms with Gasteiger partial charge in [-0.05, 0) is 23.0 Å². The van der Waals surface area contributed by atoms with E-state index in [-0.39, 0.29) is 18.7 Å². The van der Waals surface area contributed by atoms with Crippen molar-refractivity contribution in [3.63, 3.8) is 0 Å². The first-order valence-corrected chi connectivity index (χ1v) is 6.89. The van der Waals surface area contributed by atoms with E-state index in [1.165, 1.54) is 5.56 Å². The Morgan fingerprint density at radius 1 is 1.10 bits per heavy atom. The van der Waals surface area contributed by atoms with Crippen LogP contribution in [0.2, 0.25) is 0 Å². The number of nitrogens with one attached hydrogen (secondary N) is 1. The summed E-state index contributed by atoms with van der Waals surface area (Å²) >= 11 is 0. The number of carboxylic acid groups (broad SMARTS) is 1. The zero-order valence-corrected chi connectivity index (χ0v) is 12.4. The molecule has 110 valence electrons. The third kappa shape index (κ3) is 5.87. The van der Waals surface area contributed by atoms with Crippen LogP contribution in [-0.2, 0) is 22.6 Å². The molecule has 0 aliphatic rings. The van der Waals surface area contributed by atoms with Crippen molar-refractivity contribution in [2.45, 2.75) is 46.6 Å². The molecule has 4 heteroatoms. The minimum absolute atomic E-state index is 0.00832. The van der Waals surface area contributed by atoms with E-state index in [1.54, 1.807) is 13.8 Å². The lowest BCUT2D eigenvalue weighted by Crippen LogP contribution is -2.29. The van der Waals surface area contributed by atoms with Gasteiger partial charge in [0.05, 0.1) is 6.42 Å². The van der Waals surface area contributed by atoms with Crippen molar-refractivity contribution in [3.8, 4) is 0 Å². The number of rotatable bonds is 7. The molecule has 0 spiro atoms. The number of aliphatic carboxylic acids is 1. The highest BCUT2D eigenvalue weighted by Crippen LogP contribution is 2.24. The summed E-state index contributed by atoms with van der Waals surface area (Å²) < 4.78 is 0. The Morgan fingerprint density at radius 3 is 2.15 bits per heavy atom. The van der Waals surface area contributed by atoms with E-state index in [1.807, 2.05) is 12.1 Å². The molecule has 0 atom stereocenters. The van der Waals surface area contributed by atoms with E-state index in [0.29, 0.717) is 6.54 Å². The highest BCUT2D eigenvalue weighted by molar-refractivity contribution is 5.77. The third-order valence-corrected chi connectivity index (χ3v) is 3.19. The number of benzene rings is 1. The average molecular weight is 277 g/mol. The Labute approximate surface area is 120 Å². The minimum atomic E-state index is -0.877. The summed E-state index contributed by atoms with van der Waals surface area (Å²) in [6.45, 7) is 6.15. The maximum absolute atomic E-state index is 11.8. The van der Waals surface area contributed by atoms with Gasteiger partial charge in [0, 0.05) is 13.0 Å². The van der Waals surface area contributed by atoms with Crippen LogP contribution in [-0.4, -0.2) is 17.0 Å². The molecule has 2 N–H and O–H groups in total. The van der Waals surface area contributed by atoms with Crippen LogP contribution in [0.1, 0.15) is 44.7 Å². The number of carbonyl (C=O) groups excluding carboxylic acids is 1. The highest BCUT2D eigenvalue weighted by atomic mass is 16.4. The fraction of sp³-hybridized carbons (Fsp3) is 0.500. The molecule has 0 heterocycles. The van der Waals surface area contributed by atoms with Crippen LogP contribution in [0.5, 0.6) is 0 Å². The van der Waals surface area contributed by atoms with Crippen LogP contribution in [0.4, 0.5) is 0 Å². The van der Waals surface area contributed by atoms with Crippen LogP contribution >= 0.6 is 0 Å². The second-order valence-corrected chi connectivity index (χ2v) is 5.86. The van der Waals surface area contributed by atoms with Crippen LogP contribution in [0.25, 0.3) is 0 Å². The molecule has 1 rings (SSSR count). The van der Waals surface area contributed by atoms with Crippen molar-refractivity contribution in [1.29, 1.82) is 0 Å². The highest BCUT2D eigenvalue weighted by Gasteiger charge is 2.24. The molecule has 0 aromatic heterocycles. The molecule has 1 amide bonds. The molecule has 0 saturated carbocycles. The van der Waals surface area contributed by atoms with E-state index in [2.05, 4.69) is 24.4 Å². The van der Waals surface area contributed by atoms with E-state index in [9.17, 15) is 9.59 Å². The lowest BCUT2D eigenvalue weighted by molar-refractivity contribution is -0.139. The first kappa shape index (κ1) is 16.2. The standard InChI is InChI=1S/C16H23NO3/c1-4-12-5-7-13(8-6-12)11-17-14(18)9-16(2,3)10-15(19)20/h5-8H,4,9-11H2,1-3H3,(H,17,18)(H,19,20). The second-order valence-electron chi connectivity index (χ2n) is 5.86. The van der Waals surface area contributed by atoms with Gasteiger partial charge >= 0.3 is 5.97 Å². The van der Waals surface area contributed by atoms with Gasteiger partial charge in [0.1, 0.15) is 0 Å². The molecule has 1 aromatic carbocycles. The molecular weight excluding hydrogens is 254 g/mol. The van der Waals surface area contributed by atoms with E-state index < -0.39 is 11.4 Å². The number of carboxylic acids is 1. The summed E-state index contributed by atoms with van der Waals surface area (Å²) in [5.41, 5.74) is 1.79. The van der Waals surface area contributed by atoms with E-state index in [0.717, 1.165) is 12.0 Å². The molecule has 0 fully saturated rings.